The highest BCUT2D eigenvalue weighted by atomic mass is 16.6. The van der Waals surface area contributed by atoms with Gasteiger partial charge >= 0.3 is 6.09 Å². The van der Waals surface area contributed by atoms with Crippen molar-refractivity contribution in [2.45, 2.75) is 64.8 Å². The molecule has 16 heavy (non-hydrogen) atoms. The Balaban J connectivity index is 2.13. The number of ether oxygens (including phenoxy) is 1. The molecule has 94 valence electrons. The predicted molar refractivity (Wildman–Crippen MR) is 65.5 cm³/mol. The Hall–Kier alpha value is -0.730. The molecule has 0 saturated carbocycles. The molecule has 0 spiro atoms. The highest BCUT2D eigenvalue weighted by Gasteiger charge is 2.23. The van der Waals surface area contributed by atoms with Crippen molar-refractivity contribution in [2.75, 3.05) is 13.2 Å². The van der Waals surface area contributed by atoms with Crippen molar-refractivity contribution in [1.82, 2.24) is 4.90 Å². The monoisotopic (exact) mass is 227 g/mol. The number of piperidine rings is 1. The summed E-state index contributed by atoms with van der Waals surface area (Å²) >= 11 is 0. The minimum atomic E-state index is -0.108. The van der Waals surface area contributed by atoms with E-state index in [9.17, 15) is 4.79 Å². The van der Waals surface area contributed by atoms with Crippen molar-refractivity contribution in [1.29, 1.82) is 0 Å². The number of likely N-dealkylation sites (tertiary alicyclic amines) is 1. The molecule has 1 fully saturated rings. The second-order valence-electron chi connectivity index (χ2n) is 4.71. The Morgan fingerprint density at radius 2 is 2.12 bits per heavy atom. The molecule has 1 heterocycles. The summed E-state index contributed by atoms with van der Waals surface area (Å²) in [5, 5.41) is 0. The minimum Gasteiger partial charge on any atom is -0.449 e. The van der Waals surface area contributed by atoms with Gasteiger partial charge in [-0.1, -0.05) is 26.2 Å². The van der Waals surface area contributed by atoms with Crippen LogP contribution in [0.15, 0.2) is 0 Å². The zero-order valence-corrected chi connectivity index (χ0v) is 10.7. The van der Waals surface area contributed by atoms with Crippen LogP contribution in [0.4, 0.5) is 4.79 Å². The predicted octanol–water partition coefficient (Wildman–Crippen LogP) is 3.58. The molecule has 1 rings (SSSR count). The van der Waals surface area contributed by atoms with Crippen LogP contribution in [0.25, 0.3) is 0 Å². The molecule has 0 aromatic heterocycles. The number of rotatable bonds is 5. The Labute approximate surface area is 99.1 Å². The van der Waals surface area contributed by atoms with E-state index < -0.39 is 0 Å². The summed E-state index contributed by atoms with van der Waals surface area (Å²) in [6.07, 6.45) is 7.99. The fourth-order valence-corrected chi connectivity index (χ4v) is 2.14. The highest BCUT2D eigenvalue weighted by Crippen LogP contribution is 2.17. The molecule has 3 nitrogen and oxygen atoms in total. The molecule has 1 aliphatic heterocycles. The molecule has 1 unspecified atom stereocenters. The van der Waals surface area contributed by atoms with E-state index >= 15 is 0 Å². The van der Waals surface area contributed by atoms with Crippen LogP contribution in [0, 0.1) is 0 Å². The van der Waals surface area contributed by atoms with Gasteiger partial charge in [-0.3, -0.25) is 0 Å². The normalized spacial score (nSPS) is 20.9. The van der Waals surface area contributed by atoms with Crippen LogP contribution in [0.2, 0.25) is 0 Å². The van der Waals surface area contributed by atoms with Crippen LogP contribution >= 0.6 is 0 Å². The number of nitrogens with zero attached hydrogens (tertiary/aromatic N) is 1. The average molecular weight is 227 g/mol. The zero-order valence-electron chi connectivity index (χ0n) is 10.7. The molecule has 0 N–H and O–H groups in total. The second kappa shape index (κ2) is 7.53. The topological polar surface area (TPSA) is 29.5 Å². The lowest BCUT2D eigenvalue weighted by Gasteiger charge is -2.32. The van der Waals surface area contributed by atoms with Crippen molar-refractivity contribution in [3.63, 3.8) is 0 Å². The van der Waals surface area contributed by atoms with Crippen LogP contribution in [0.1, 0.15) is 58.8 Å². The Bertz CT molecular complexity index is 206. The average Bonchev–Trinajstić information content (AvgIpc) is 2.29. The Morgan fingerprint density at radius 3 is 2.81 bits per heavy atom. The maximum atomic E-state index is 11.7. The Kier molecular flexibility index (Phi) is 6.27. The summed E-state index contributed by atoms with van der Waals surface area (Å²) in [7, 11) is 0. The first-order chi connectivity index (χ1) is 7.75. The van der Waals surface area contributed by atoms with Crippen molar-refractivity contribution in [2.24, 2.45) is 0 Å². The van der Waals surface area contributed by atoms with Gasteiger partial charge in [-0.25, -0.2) is 4.79 Å². The number of hydrogen-bond acceptors (Lipinski definition) is 2. The summed E-state index contributed by atoms with van der Waals surface area (Å²) in [4.78, 5) is 13.6. The van der Waals surface area contributed by atoms with Gasteiger partial charge in [0.15, 0.2) is 0 Å². The van der Waals surface area contributed by atoms with Gasteiger partial charge in [0.2, 0.25) is 0 Å². The van der Waals surface area contributed by atoms with E-state index in [0.717, 1.165) is 25.8 Å². The second-order valence-corrected chi connectivity index (χ2v) is 4.71. The summed E-state index contributed by atoms with van der Waals surface area (Å²) in [5.74, 6) is 0. The van der Waals surface area contributed by atoms with Crippen LogP contribution in [0.5, 0.6) is 0 Å². The molecule has 3 heteroatoms. The largest absolute Gasteiger partial charge is 0.449 e. The third-order valence-corrected chi connectivity index (χ3v) is 3.26. The summed E-state index contributed by atoms with van der Waals surface area (Å²) in [6.45, 7) is 5.75. The lowest BCUT2D eigenvalue weighted by atomic mass is 10.0. The van der Waals surface area contributed by atoms with Crippen LogP contribution < -0.4 is 0 Å². The molecular formula is C13H25NO2. The third kappa shape index (κ3) is 4.42. The number of hydrogen-bond donors (Lipinski definition) is 0. The molecule has 0 aromatic rings. The smallest absolute Gasteiger partial charge is 0.409 e. The maximum Gasteiger partial charge on any atom is 0.409 e. The molecule has 1 amide bonds. The lowest BCUT2D eigenvalue weighted by molar-refractivity contribution is 0.0761. The van der Waals surface area contributed by atoms with E-state index in [2.05, 4.69) is 13.8 Å². The van der Waals surface area contributed by atoms with E-state index in [4.69, 9.17) is 4.74 Å². The first kappa shape index (κ1) is 13.3. The van der Waals surface area contributed by atoms with Gasteiger partial charge in [0.25, 0.3) is 0 Å². The van der Waals surface area contributed by atoms with Gasteiger partial charge < -0.3 is 9.64 Å². The molecule has 0 aliphatic carbocycles. The molecule has 1 saturated heterocycles. The van der Waals surface area contributed by atoms with E-state index in [1.807, 2.05) is 4.90 Å². The van der Waals surface area contributed by atoms with Gasteiger partial charge in [-0.2, -0.15) is 0 Å². The van der Waals surface area contributed by atoms with E-state index in [1.54, 1.807) is 0 Å². The maximum absolute atomic E-state index is 11.7. The number of carbonyl (C=O) groups excluding carboxylic acids is 1. The van der Waals surface area contributed by atoms with Crippen molar-refractivity contribution < 1.29 is 9.53 Å². The molecule has 1 aliphatic rings. The first-order valence-corrected chi connectivity index (χ1v) is 6.69. The molecule has 0 aromatic carbocycles. The van der Waals surface area contributed by atoms with Crippen molar-refractivity contribution >= 4 is 6.09 Å². The lowest BCUT2D eigenvalue weighted by Crippen LogP contribution is -2.42. The van der Waals surface area contributed by atoms with Crippen LogP contribution in [-0.2, 0) is 4.74 Å². The SMILES string of the molecule is CCCCCCOC(=O)N1CCCCC1C. The van der Waals surface area contributed by atoms with Gasteiger partial charge in [-0.15, -0.1) is 0 Å². The van der Waals surface area contributed by atoms with Crippen molar-refractivity contribution in [3.05, 3.63) is 0 Å². The molecular weight excluding hydrogens is 202 g/mol. The quantitative estimate of drug-likeness (QED) is 0.672. The van der Waals surface area contributed by atoms with Gasteiger partial charge in [0.05, 0.1) is 6.61 Å². The third-order valence-electron chi connectivity index (χ3n) is 3.26. The molecule has 0 bridgehead atoms. The summed E-state index contributed by atoms with van der Waals surface area (Å²) < 4.78 is 5.29. The standard InChI is InChI=1S/C13H25NO2/c1-3-4-5-8-11-16-13(15)14-10-7-6-9-12(14)2/h12H,3-11H2,1-2H3. The van der Waals surface area contributed by atoms with E-state index in [-0.39, 0.29) is 6.09 Å². The fourth-order valence-electron chi connectivity index (χ4n) is 2.14. The van der Waals surface area contributed by atoms with Crippen LogP contribution in [-0.4, -0.2) is 30.2 Å². The Morgan fingerprint density at radius 1 is 1.31 bits per heavy atom. The highest BCUT2D eigenvalue weighted by molar-refractivity contribution is 5.68. The number of carbonyl (C=O) groups is 1. The van der Waals surface area contributed by atoms with Crippen molar-refractivity contribution in [3.8, 4) is 0 Å². The molecule has 0 radical (unpaired) electrons. The van der Waals surface area contributed by atoms with Crippen LogP contribution in [0.3, 0.4) is 0 Å². The van der Waals surface area contributed by atoms with Gasteiger partial charge in [0.1, 0.15) is 0 Å². The van der Waals surface area contributed by atoms with E-state index in [1.165, 1.54) is 25.7 Å². The summed E-state index contributed by atoms with van der Waals surface area (Å²) in [6, 6.07) is 0.358. The molecule has 1 atom stereocenters. The fraction of sp³-hybridized carbons (Fsp3) is 0.923. The van der Waals surface area contributed by atoms with Gasteiger partial charge in [0, 0.05) is 12.6 Å². The van der Waals surface area contributed by atoms with Gasteiger partial charge in [-0.05, 0) is 32.6 Å². The first-order valence-electron chi connectivity index (χ1n) is 6.69. The number of amides is 1. The minimum absolute atomic E-state index is 0.108. The van der Waals surface area contributed by atoms with E-state index in [0.29, 0.717) is 12.6 Å². The zero-order chi connectivity index (χ0) is 11.8. The number of unbranched alkanes of at least 4 members (excludes halogenated alkanes) is 3. The summed E-state index contributed by atoms with van der Waals surface area (Å²) in [5.41, 5.74) is 0.